The summed E-state index contributed by atoms with van der Waals surface area (Å²) in [5.41, 5.74) is 1.61. The van der Waals surface area contributed by atoms with Crippen LogP contribution in [0.2, 0.25) is 0 Å². The van der Waals surface area contributed by atoms with E-state index >= 15 is 0 Å². The largest absolute Gasteiger partial charge is 0.468 e. The molecule has 0 spiro atoms. The molecule has 0 radical (unpaired) electrons. The second kappa shape index (κ2) is 5.89. The summed E-state index contributed by atoms with van der Waals surface area (Å²) in [6, 6.07) is 0. The first kappa shape index (κ1) is 17.5. The molecule has 2 aliphatic carbocycles. The van der Waals surface area contributed by atoms with Crippen LogP contribution in [0.4, 0.5) is 0 Å². The van der Waals surface area contributed by atoms with E-state index in [1.54, 1.807) is 13.2 Å². The Morgan fingerprint density at radius 1 is 1.33 bits per heavy atom. The lowest BCUT2D eigenvalue weighted by Gasteiger charge is -2.47. The SMILES string of the molecule is C/C1=C\CC[C@@]2(C)C(=O)C(Cl)=C[C@](C)(O)C2Cc2c(C)coc2C1. The molecular formula is C20H25ClO3. The number of ketones is 1. The molecule has 1 heterocycles. The number of allylic oxidation sites excluding steroid dienone is 3. The fourth-order valence-electron chi connectivity index (χ4n) is 4.31. The maximum Gasteiger partial charge on any atom is 0.180 e. The Morgan fingerprint density at radius 3 is 2.75 bits per heavy atom. The van der Waals surface area contributed by atoms with Gasteiger partial charge in [0.25, 0.3) is 0 Å². The Kier molecular flexibility index (Phi) is 4.29. The lowest BCUT2D eigenvalue weighted by atomic mass is 9.59. The molecule has 4 heteroatoms. The standard InChI is InChI=1S/C20H25ClO3/c1-12-6-5-7-19(3)17(20(4,23)10-15(21)18(19)22)9-14-13(2)11-24-16(14)8-12/h6,10-11,17,23H,5,7-9H2,1-4H3/b12-6+/t17?,19-,20+/m1/s1. The molecule has 0 saturated heterocycles. The average Bonchev–Trinajstić information content (AvgIpc) is 2.82. The highest BCUT2D eigenvalue weighted by atomic mass is 35.5. The van der Waals surface area contributed by atoms with Crippen molar-refractivity contribution < 1.29 is 14.3 Å². The number of aliphatic hydroxyl groups is 1. The molecule has 0 fully saturated rings. The molecule has 3 rings (SSSR count). The molecule has 24 heavy (non-hydrogen) atoms. The van der Waals surface area contributed by atoms with Gasteiger partial charge in [-0.2, -0.15) is 0 Å². The topological polar surface area (TPSA) is 50.4 Å². The van der Waals surface area contributed by atoms with E-state index in [1.165, 1.54) is 11.6 Å². The summed E-state index contributed by atoms with van der Waals surface area (Å²) in [4.78, 5) is 12.9. The van der Waals surface area contributed by atoms with Crippen LogP contribution in [0, 0.1) is 18.3 Å². The highest BCUT2D eigenvalue weighted by molar-refractivity contribution is 6.43. The first-order chi connectivity index (χ1) is 11.1. The number of rotatable bonds is 0. The molecule has 0 saturated carbocycles. The summed E-state index contributed by atoms with van der Waals surface area (Å²) in [5, 5.41) is 11.2. The van der Waals surface area contributed by atoms with E-state index in [9.17, 15) is 9.90 Å². The maximum absolute atomic E-state index is 12.9. The maximum atomic E-state index is 12.9. The van der Waals surface area contributed by atoms with Crippen LogP contribution >= 0.6 is 11.6 Å². The third kappa shape index (κ3) is 2.78. The van der Waals surface area contributed by atoms with Crippen LogP contribution < -0.4 is 0 Å². The second-order valence-corrected chi connectivity index (χ2v) is 8.21. The molecule has 1 unspecified atom stereocenters. The number of halogens is 1. The lowest BCUT2D eigenvalue weighted by Crippen LogP contribution is -2.52. The van der Waals surface area contributed by atoms with E-state index in [-0.39, 0.29) is 16.7 Å². The Labute approximate surface area is 148 Å². The van der Waals surface area contributed by atoms with E-state index < -0.39 is 11.0 Å². The van der Waals surface area contributed by atoms with E-state index in [0.717, 1.165) is 29.7 Å². The molecule has 0 amide bonds. The molecule has 0 aromatic carbocycles. The van der Waals surface area contributed by atoms with Crippen molar-refractivity contribution in [1.29, 1.82) is 0 Å². The van der Waals surface area contributed by atoms with Gasteiger partial charge in [0.2, 0.25) is 0 Å². The van der Waals surface area contributed by atoms with Crippen LogP contribution in [-0.4, -0.2) is 16.5 Å². The van der Waals surface area contributed by atoms with Crippen molar-refractivity contribution in [2.45, 2.75) is 59.0 Å². The van der Waals surface area contributed by atoms with Crippen molar-refractivity contribution in [3.63, 3.8) is 0 Å². The van der Waals surface area contributed by atoms with Gasteiger partial charge in [-0.15, -0.1) is 0 Å². The van der Waals surface area contributed by atoms with Crippen LogP contribution in [0.5, 0.6) is 0 Å². The molecule has 1 N–H and O–H groups in total. The van der Waals surface area contributed by atoms with Gasteiger partial charge >= 0.3 is 0 Å². The Bertz CT molecular complexity index is 738. The van der Waals surface area contributed by atoms with Gasteiger partial charge in [-0.3, -0.25) is 4.79 Å². The molecule has 1 aromatic rings. The number of fused-ring (bicyclic) bond motifs is 2. The van der Waals surface area contributed by atoms with Gasteiger partial charge in [-0.1, -0.05) is 30.2 Å². The normalized spacial score (nSPS) is 36.2. The minimum absolute atomic E-state index is 0.0602. The van der Waals surface area contributed by atoms with Crippen LogP contribution in [0.3, 0.4) is 0 Å². The predicted octanol–water partition coefficient (Wildman–Crippen LogP) is 4.49. The van der Waals surface area contributed by atoms with Crippen molar-refractivity contribution in [1.82, 2.24) is 0 Å². The number of carbonyl (C=O) groups excluding carboxylic acids is 1. The quantitative estimate of drug-likeness (QED) is 0.703. The molecule has 0 aliphatic heterocycles. The van der Waals surface area contributed by atoms with Crippen molar-refractivity contribution in [3.05, 3.63) is 45.9 Å². The molecule has 3 atom stereocenters. The third-order valence-corrected chi connectivity index (χ3v) is 6.10. The zero-order valence-electron chi connectivity index (χ0n) is 14.8. The predicted molar refractivity (Wildman–Crippen MR) is 95.0 cm³/mol. The molecule has 2 aliphatic rings. The third-order valence-electron chi connectivity index (χ3n) is 5.82. The van der Waals surface area contributed by atoms with Crippen LogP contribution in [-0.2, 0) is 17.6 Å². The number of furan rings is 1. The Morgan fingerprint density at radius 2 is 2.04 bits per heavy atom. The molecular weight excluding hydrogens is 324 g/mol. The van der Waals surface area contributed by atoms with Gasteiger partial charge in [-0.25, -0.2) is 0 Å². The molecule has 0 bridgehead atoms. The molecule has 3 nitrogen and oxygen atoms in total. The average molecular weight is 349 g/mol. The highest BCUT2D eigenvalue weighted by Crippen LogP contribution is 2.49. The summed E-state index contributed by atoms with van der Waals surface area (Å²) in [6.07, 6.45) is 8.32. The number of hydrogen-bond donors (Lipinski definition) is 1. The van der Waals surface area contributed by atoms with Gasteiger partial charge in [0.15, 0.2) is 5.78 Å². The highest BCUT2D eigenvalue weighted by Gasteiger charge is 2.52. The van der Waals surface area contributed by atoms with Gasteiger partial charge in [0.1, 0.15) is 5.76 Å². The first-order valence-corrected chi connectivity index (χ1v) is 8.90. The zero-order chi connectivity index (χ0) is 17.7. The van der Waals surface area contributed by atoms with E-state index in [2.05, 4.69) is 13.0 Å². The first-order valence-electron chi connectivity index (χ1n) is 8.52. The number of aryl methyl sites for hydroxylation is 1. The van der Waals surface area contributed by atoms with Crippen LogP contribution in [0.1, 0.15) is 50.5 Å². The van der Waals surface area contributed by atoms with Gasteiger partial charge < -0.3 is 9.52 Å². The van der Waals surface area contributed by atoms with E-state index in [0.29, 0.717) is 12.8 Å². The Balaban J connectivity index is 2.16. The van der Waals surface area contributed by atoms with Crippen LogP contribution in [0.25, 0.3) is 0 Å². The minimum Gasteiger partial charge on any atom is -0.468 e. The second-order valence-electron chi connectivity index (χ2n) is 7.81. The number of hydrogen-bond acceptors (Lipinski definition) is 3. The number of carbonyl (C=O) groups is 1. The van der Waals surface area contributed by atoms with Gasteiger partial charge in [0, 0.05) is 17.8 Å². The van der Waals surface area contributed by atoms with Gasteiger partial charge in [0.05, 0.1) is 16.9 Å². The smallest absolute Gasteiger partial charge is 0.180 e. The van der Waals surface area contributed by atoms with Gasteiger partial charge in [-0.05, 0) is 57.2 Å². The summed E-state index contributed by atoms with van der Waals surface area (Å²) < 4.78 is 5.77. The van der Waals surface area contributed by atoms with Crippen molar-refractivity contribution in [2.75, 3.05) is 0 Å². The van der Waals surface area contributed by atoms with E-state index in [1.807, 2.05) is 13.8 Å². The fraction of sp³-hybridized carbons (Fsp3) is 0.550. The molecule has 1 aromatic heterocycles. The lowest BCUT2D eigenvalue weighted by molar-refractivity contribution is -0.135. The summed E-state index contributed by atoms with van der Waals surface area (Å²) >= 11 is 6.18. The summed E-state index contributed by atoms with van der Waals surface area (Å²) in [5.74, 6) is 0.645. The van der Waals surface area contributed by atoms with Crippen molar-refractivity contribution >= 4 is 17.4 Å². The molecule has 130 valence electrons. The van der Waals surface area contributed by atoms with E-state index in [4.69, 9.17) is 16.0 Å². The minimum atomic E-state index is -1.13. The van der Waals surface area contributed by atoms with Crippen LogP contribution in [0.15, 0.2) is 33.4 Å². The monoisotopic (exact) mass is 348 g/mol. The Hall–Kier alpha value is -1.32. The summed E-state index contributed by atoms with van der Waals surface area (Å²) in [6.45, 7) is 7.82. The number of Topliss-reactive ketones (excluding diaryl/α,β-unsaturated/α-hetero) is 1. The zero-order valence-corrected chi connectivity index (χ0v) is 15.5. The fourth-order valence-corrected chi connectivity index (χ4v) is 4.75. The van der Waals surface area contributed by atoms with Crippen molar-refractivity contribution in [3.8, 4) is 0 Å². The summed E-state index contributed by atoms with van der Waals surface area (Å²) in [7, 11) is 0. The van der Waals surface area contributed by atoms with Crippen molar-refractivity contribution in [2.24, 2.45) is 11.3 Å².